The average Bonchev–Trinajstić information content (AvgIpc) is 2.74. The number of ether oxygens (including phenoxy) is 1. The van der Waals surface area contributed by atoms with E-state index in [4.69, 9.17) is 4.74 Å². The minimum absolute atomic E-state index is 0.0811. The van der Waals surface area contributed by atoms with Crippen molar-refractivity contribution in [2.75, 3.05) is 19.6 Å². The summed E-state index contributed by atoms with van der Waals surface area (Å²) in [5.41, 5.74) is -0.457. The molecule has 2 rings (SSSR count). The van der Waals surface area contributed by atoms with Crippen LogP contribution in [0.4, 0.5) is 4.79 Å². The van der Waals surface area contributed by atoms with Gasteiger partial charge in [0.25, 0.3) is 0 Å². The van der Waals surface area contributed by atoms with Crippen LogP contribution in [0.2, 0.25) is 0 Å². The number of aromatic nitrogens is 1. The molecule has 1 aromatic heterocycles. The van der Waals surface area contributed by atoms with Gasteiger partial charge in [0.15, 0.2) is 0 Å². The van der Waals surface area contributed by atoms with Crippen LogP contribution >= 0.6 is 27.3 Å². The van der Waals surface area contributed by atoms with E-state index in [0.717, 1.165) is 15.3 Å². The molecule has 2 heterocycles. The maximum absolute atomic E-state index is 12.0. The largest absolute Gasteiger partial charge is 0.444 e. The lowest BCUT2D eigenvalue weighted by Gasteiger charge is -2.34. The molecule has 0 spiro atoms. The van der Waals surface area contributed by atoms with E-state index in [1.165, 1.54) is 0 Å². The first-order valence-corrected chi connectivity index (χ1v) is 7.78. The van der Waals surface area contributed by atoms with Crippen molar-refractivity contribution < 1.29 is 9.53 Å². The third-order valence-corrected chi connectivity index (χ3v) is 4.21. The molecular weight excluding hydrogens is 330 g/mol. The number of halogens is 1. The normalized spacial score (nSPS) is 20.4. The van der Waals surface area contributed by atoms with E-state index in [1.807, 2.05) is 20.8 Å². The Morgan fingerprint density at radius 1 is 1.63 bits per heavy atom. The SMILES string of the molecule is CC(C)(C)OC(=O)N1CCNC(c2ncc(Br)s2)C1. The van der Waals surface area contributed by atoms with Gasteiger partial charge >= 0.3 is 6.09 Å². The molecule has 19 heavy (non-hydrogen) atoms. The van der Waals surface area contributed by atoms with Gasteiger partial charge < -0.3 is 15.0 Å². The van der Waals surface area contributed by atoms with Gasteiger partial charge in [0, 0.05) is 19.6 Å². The van der Waals surface area contributed by atoms with Crippen LogP contribution in [0, 0.1) is 0 Å². The predicted octanol–water partition coefficient (Wildman–Crippen LogP) is 2.79. The standard InChI is InChI=1S/C12H18BrN3O2S/c1-12(2,3)18-11(17)16-5-4-14-8(7-16)10-15-6-9(13)19-10/h6,8,14H,4-5,7H2,1-3H3. The molecule has 1 aliphatic heterocycles. The number of piperazine rings is 1. The number of nitrogens with one attached hydrogen (secondary N) is 1. The highest BCUT2D eigenvalue weighted by Gasteiger charge is 2.29. The molecule has 1 N–H and O–H groups in total. The molecular formula is C12H18BrN3O2S. The van der Waals surface area contributed by atoms with Gasteiger partial charge in [-0.1, -0.05) is 0 Å². The van der Waals surface area contributed by atoms with E-state index < -0.39 is 5.60 Å². The van der Waals surface area contributed by atoms with Gasteiger partial charge in [-0.2, -0.15) is 0 Å². The second-order valence-electron chi connectivity index (χ2n) is 5.44. The number of hydrogen-bond donors (Lipinski definition) is 1. The Kier molecular flexibility index (Phi) is 4.47. The van der Waals surface area contributed by atoms with Gasteiger partial charge in [0.05, 0.1) is 16.0 Å². The van der Waals surface area contributed by atoms with Crippen molar-refractivity contribution in [3.8, 4) is 0 Å². The van der Waals surface area contributed by atoms with E-state index in [2.05, 4.69) is 26.2 Å². The van der Waals surface area contributed by atoms with E-state index in [0.29, 0.717) is 13.1 Å². The lowest BCUT2D eigenvalue weighted by atomic mass is 10.2. The quantitative estimate of drug-likeness (QED) is 0.848. The number of hydrogen-bond acceptors (Lipinski definition) is 5. The molecule has 106 valence electrons. The Labute approximate surface area is 125 Å². The highest BCUT2D eigenvalue weighted by atomic mass is 79.9. The number of carbonyl (C=O) groups excluding carboxylic acids is 1. The van der Waals surface area contributed by atoms with Crippen molar-refractivity contribution in [2.24, 2.45) is 0 Å². The molecule has 0 aromatic carbocycles. The van der Waals surface area contributed by atoms with E-state index in [1.54, 1.807) is 22.4 Å². The van der Waals surface area contributed by atoms with Crippen molar-refractivity contribution in [3.05, 3.63) is 15.0 Å². The maximum atomic E-state index is 12.0. The Bertz CT molecular complexity index is 458. The van der Waals surface area contributed by atoms with Gasteiger partial charge in [0.2, 0.25) is 0 Å². The van der Waals surface area contributed by atoms with Crippen LogP contribution in [0.3, 0.4) is 0 Å². The lowest BCUT2D eigenvalue weighted by Crippen LogP contribution is -2.49. The first-order valence-electron chi connectivity index (χ1n) is 6.18. The molecule has 0 bridgehead atoms. The van der Waals surface area contributed by atoms with Crippen LogP contribution in [0.1, 0.15) is 31.8 Å². The molecule has 1 aromatic rings. The molecule has 0 saturated carbocycles. The fourth-order valence-corrected chi connectivity index (χ4v) is 3.15. The van der Waals surface area contributed by atoms with Crippen molar-refractivity contribution in [2.45, 2.75) is 32.4 Å². The summed E-state index contributed by atoms with van der Waals surface area (Å²) in [6.45, 7) is 7.64. The van der Waals surface area contributed by atoms with Crippen LogP contribution in [0.15, 0.2) is 9.98 Å². The van der Waals surface area contributed by atoms with Crippen LogP contribution in [-0.4, -0.2) is 41.2 Å². The Morgan fingerprint density at radius 3 is 2.95 bits per heavy atom. The van der Waals surface area contributed by atoms with Crippen LogP contribution in [-0.2, 0) is 4.74 Å². The molecule has 1 aliphatic rings. The third kappa shape index (κ3) is 4.15. The molecule has 7 heteroatoms. The first kappa shape index (κ1) is 14.7. The summed E-state index contributed by atoms with van der Waals surface area (Å²) in [6, 6.07) is 0.0811. The minimum Gasteiger partial charge on any atom is -0.444 e. The minimum atomic E-state index is -0.457. The Hall–Kier alpha value is -0.660. The maximum Gasteiger partial charge on any atom is 0.410 e. The third-order valence-electron chi connectivity index (χ3n) is 2.62. The van der Waals surface area contributed by atoms with Crippen LogP contribution < -0.4 is 5.32 Å². The van der Waals surface area contributed by atoms with Crippen LogP contribution in [0.5, 0.6) is 0 Å². The smallest absolute Gasteiger partial charge is 0.410 e. The Balaban J connectivity index is 1.99. The van der Waals surface area contributed by atoms with Crippen molar-refractivity contribution in [1.29, 1.82) is 0 Å². The molecule has 0 aliphatic carbocycles. The molecule has 1 fully saturated rings. The van der Waals surface area contributed by atoms with Gasteiger partial charge in [-0.3, -0.25) is 0 Å². The van der Waals surface area contributed by atoms with Gasteiger partial charge in [0.1, 0.15) is 10.6 Å². The topological polar surface area (TPSA) is 54.5 Å². The van der Waals surface area contributed by atoms with Crippen molar-refractivity contribution in [3.63, 3.8) is 0 Å². The van der Waals surface area contributed by atoms with Gasteiger partial charge in [-0.25, -0.2) is 9.78 Å². The second-order valence-corrected chi connectivity index (χ2v) is 7.88. The molecule has 1 amide bonds. The predicted molar refractivity (Wildman–Crippen MR) is 78.4 cm³/mol. The molecule has 5 nitrogen and oxygen atoms in total. The van der Waals surface area contributed by atoms with Crippen LogP contribution in [0.25, 0.3) is 0 Å². The zero-order valence-corrected chi connectivity index (χ0v) is 13.7. The fraction of sp³-hybridized carbons (Fsp3) is 0.667. The number of nitrogens with zero attached hydrogens (tertiary/aromatic N) is 2. The summed E-state index contributed by atoms with van der Waals surface area (Å²) in [5, 5.41) is 4.36. The fourth-order valence-electron chi connectivity index (χ4n) is 1.84. The van der Waals surface area contributed by atoms with E-state index in [9.17, 15) is 4.79 Å². The lowest BCUT2D eigenvalue weighted by molar-refractivity contribution is 0.0195. The summed E-state index contributed by atoms with van der Waals surface area (Å²) < 4.78 is 6.40. The average molecular weight is 348 g/mol. The summed E-state index contributed by atoms with van der Waals surface area (Å²) in [4.78, 5) is 18.1. The molecule has 1 atom stereocenters. The number of amides is 1. The summed E-state index contributed by atoms with van der Waals surface area (Å²) in [5.74, 6) is 0. The second kappa shape index (κ2) is 5.76. The summed E-state index contributed by atoms with van der Waals surface area (Å²) in [6.07, 6.45) is 1.53. The summed E-state index contributed by atoms with van der Waals surface area (Å²) >= 11 is 4.99. The van der Waals surface area contributed by atoms with E-state index in [-0.39, 0.29) is 12.1 Å². The van der Waals surface area contributed by atoms with Gasteiger partial charge in [-0.05, 0) is 36.7 Å². The van der Waals surface area contributed by atoms with Crippen molar-refractivity contribution in [1.82, 2.24) is 15.2 Å². The van der Waals surface area contributed by atoms with E-state index >= 15 is 0 Å². The Morgan fingerprint density at radius 2 is 2.37 bits per heavy atom. The number of rotatable bonds is 1. The van der Waals surface area contributed by atoms with Crippen molar-refractivity contribution >= 4 is 33.4 Å². The highest BCUT2D eigenvalue weighted by molar-refractivity contribution is 9.11. The first-order chi connectivity index (χ1) is 8.85. The molecule has 0 radical (unpaired) electrons. The monoisotopic (exact) mass is 347 g/mol. The number of thiazole rings is 1. The van der Waals surface area contributed by atoms with Gasteiger partial charge in [-0.15, -0.1) is 11.3 Å². The zero-order chi connectivity index (χ0) is 14.0. The number of carbonyl (C=O) groups is 1. The molecule has 1 saturated heterocycles. The zero-order valence-electron chi connectivity index (χ0n) is 11.3. The summed E-state index contributed by atoms with van der Waals surface area (Å²) in [7, 11) is 0. The highest BCUT2D eigenvalue weighted by Crippen LogP contribution is 2.26. The molecule has 1 unspecified atom stereocenters.